The maximum atomic E-state index is 10.5. The van der Waals surface area contributed by atoms with Gasteiger partial charge in [-0.2, -0.15) is 4.98 Å². The highest BCUT2D eigenvalue weighted by atomic mass is 16.5. The minimum absolute atomic E-state index is 0.190. The lowest BCUT2D eigenvalue weighted by molar-refractivity contribution is -0.137. The van der Waals surface area contributed by atoms with Crippen LogP contribution in [-0.2, 0) is 4.79 Å². The largest absolute Gasteiger partial charge is 0.481 e. The molecule has 0 spiro atoms. The van der Waals surface area contributed by atoms with Crippen molar-refractivity contribution in [3.8, 4) is 5.88 Å². The van der Waals surface area contributed by atoms with Gasteiger partial charge in [0.05, 0.1) is 6.61 Å². The van der Waals surface area contributed by atoms with Crippen LogP contribution < -0.4 is 10.1 Å². The number of nitrogens with zero attached hydrogens (tertiary/aromatic N) is 2. The number of hydrogen-bond donors (Lipinski definition) is 2. The Morgan fingerprint density at radius 1 is 1.53 bits per heavy atom. The van der Waals surface area contributed by atoms with Crippen LogP contribution in [-0.4, -0.2) is 34.2 Å². The summed E-state index contributed by atoms with van der Waals surface area (Å²) in [6.07, 6.45) is 0.834. The molecule has 106 valence electrons. The number of hydrogen-bond acceptors (Lipinski definition) is 5. The molecule has 1 aromatic rings. The van der Waals surface area contributed by atoms with Gasteiger partial charge in [-0.1, -0.05) is 6.92 Å². The van der Waals surface area contributed by atoms with Crippen molar-refractivity contribution in [2.45, 2.75) is 33.6 Å². The number of aliphatic carboxylic acids is 1. The highest BCUT2D eigenvalue weighted by molar-refractivity contribution is 5.66. The summed E-state index contributed by atoms with van der Waals surface area (Å²) in [5, 5.41) is 11.8. The molecule has 0 saturated heterocycles. The highest BCUT2D eigenvalue weighted by Crippen LogP contribution is 2.14. The number of nitrogens with one attached hydrogen (secondary N) is 1. The fraction of sp³-hybridized carbons (Fsp3) is 0.615. The molecule has 2 N–H and O–H groups in total. The predicted molar refractivity (Wildman–Crippen MR) is 72.5 cm³/mol. The van der Waals surface area contributed by atoms with Crippen LogP contribution in [0.4, 0.5) is 5.82 Å². The van der Waals surface area contributed by atoms with E-state index in [0.29, 0.717) is 37.1 Å². The molecule has 0 amide bonds. The number of carboxylic acids is 1. The van der Waals surface area contributed by atoms with Crippen molar-refractivity contribution in [2.24, 2.45) is 5.92 Å². The molecule has 0 aliphatic rings. The van der Waals surface area contributed by atoms with Crippen LogP contribution in [0.3, 0.4) is 0 Å². The third kappa shape index (κ3) is 6.03. The van der Waals surface area contributed by atoms with Gasteiger partial charge < -0.3 is 15.2 Å². The number of anilines is 1. The SMILES string of the molecule is CCOc1cc(NCC(C)CCC(=O)O)nc(C)n1. The molecule has 6 nitrogen and oxygen atoms in total. The van der Waals surface area contributed by atoms with Crippen LogP contribution in [0.1, 0.15) is 32.5 Å². The molecule has 0 aliphatic carbocycles. The van der Waals surface area contributed by atoms with Crippen molar-refractivity contribution in [3.05, 3.63) is 11.9 Å². The van der Waals surface area contributed by atoms with Crippen molar-refractivity contribution in [1.29, 1.82) is 0 Å². The number of aryl methyl sites for hydroxylation is 1. The molecule has 0 aromatic carbocycles. The molecule has 19 heavy (non-hydrogen) atoms. The lowest BCUT2D eigenvalue weighted by Gasteiger charge is -2.13. The molecule has 0 fully saturated rings. The molecule has 0 saturated carbocycles. The van der Waals surface area contributed by atoms with Gasteiger partial charge in [0, 0.05) is 19.0 Å². The van der Waals surface area contributed by atoms with Crippen molar-refractivity contribution in [3.63, 3.8) is 0 Å². The van der Waals surface area contributed by atoms with Crippen LogP contribution in [0.15, 0.2) is 6.07 Å². The van der Waals surface area contributed by atoms with E-state index in [0.717, 1.165) is 0 Å². The smallest absolute Gasteiger partial charge is 0.303 e. The number of rotatable bonds is 8. The average molecular weight is 267 g/mol. The average Bonchev–Trinajstić information content (AvgIpc) is 2.33. The predicted octanol–water partition coefficient (Wildman–Crippen LogP) is 2.10. The lowest BCUT2D eigenvalue weighted by atomic mass is 10.1. The van der Waals surface area contributed by atoms with E-state index in [4.69, 9.17) is 9.84 Å². The molecular weight excluding hydrogens is 246 g/mol. The Labute approximate surface area is 113 Å². The summed E-state index contributed by atoms with van der Waals surface area (Å²) >= 11 is 0. The van der Waals surface area contributed by atoms with Gasteiger partial charge >= 0.3 is 5.97 Å². The normalized spacial score (nSPS) is 11.9. The summed E-state index contributed by atoms with van der Waals surface area (Å²) in [6.45, 7) is 6.95. The Morgan fingerprint density at radius 2 is 2.26 bits per heavy atom. The van der Waals surface area contributed by atoms with Gasteiger partial charge in [-0.05, 0) is 26.2 Å². The number of carboxylic acid groups (broad SMARTS) is 1. The standard InChI is InChI=1S/C13H21N3O3/c1-4-19-12-7-11(15-10(3)16-12)14-8-9(2)5-6-13(17)18/h7,9H,4-6,8H2,1-3H3,(H,17,18)(H,14,15,16). The molecule has 0 radical (unpaired) electrons. The van der Waals surface area contributed by atoms with Gasteiger partial charge in [-0.15, -0.1) is 0 Å². The van der Waals surface area contributed by atoms with Crippen LogP contribution in [0.25, 0.3) is 0 Å². The molecule has 1 aromatic heterocycles. The fourth-order valence-electron chi connectivity index (χ4n) is 1.60. The van der Waals surface area contributed by atoms with Crippen molar-refractivity contribution in [2.75, 3.05) is 18.5 Å². The van der Waals surface area contributed by atoms with Crippen molar-refractivity contribution < 1.29 is 14.6 Å². The number of carbonyl (C=O) groups is 1. The van der Waals surface area contributed by atoms with Gasteiger partial charge in [-0.3, -0.25) is 4.79 Å². The second-order valence-corrected chi connectivity index (χ2v) is 4.49. The molecule has 0 aliphatic heterocycles. The summed E-state index contributed by atoms with van der Waals surface area (Å²) in [7, 11) is 0. The third-order valence-corrected chi connectivity index (χ3v) is 2.59. The summed E-state index contributed by atoms with van der Waals surface area (Å²) < 4.78 is 5.34. The van der Waals surface area contributed by atoms with E-state index in [1.165, 1.54) is 0 Å². The molecule has 1 rings (SSSR count). The first-order valence-electron chi connectivity index (χ1n) is 6.45. The maximum Gasteiger partial charge on any atom is 0.303 e. The molecule has 1 unspecified atom stereocenters. The Morgan fingerprint density at radius 3 is 2.89 bits per heavy atom. The highest BCUT2D eigenvalue weighted by Gasteiger charge is 2.07. The van der Waals surface area contributed by atoms with E-state index >= 15 is 0 Å². The summed E-state index contributed by atoms with van der Waals surface area (Å²) in [5.41, 5.74) is 0. The molecular formula is C13H21N3O3. The van der Waals surface area contributed by atoms with E-state index in [1.807, 2.05) is 20.8 Å². The number of aromatic nitrogens is 2. The van der Waals surface area contributed by atoms with E-state index in [2.05, 4.69) is 15.3 Å². The van der Waals surface area contributed by atoms with E-state index in [1.54, 1.807) is 6.07 Å². The Balaban J connectivity index is 2.50. The van der Waals surface area contributed by atoms with Gasteiger partial charge in [0.15, 0.2) is 0 Å². The van der Waals surface area contributed by atoms with Crippen molar-refractivity contribution >= 4 is 11.8 Å². The van der Waals surface area contributed by atoms with E-state index in [9.17, 15) is 4.79 Å². The fourth-order valence-corrected chi connectivity index (χ4v) is 1.60. The zero-order valence-electron chi connectivity index (χ0n) is 11.6. The first kappa shape index (κ1) is 15.2. The van der Waals surface area contributed by atoms with Gasteiger partial charge in [0.25, 0.3) is 0 Å². The first-order valence-corrected chi connectivity index (χ1v) is 6.45. The van der Waals surface area contributed by atoms with Gasteiger partial charge in [0.2, 0.25) is 5.88 Å². The zero-order valence-corrected chi connectivity index (χ0v) is 11.6. The van der Waals surface area contributed by atoms with Gasteiger partial charge in [0.1, 0.15) is 11.6 Å². The van der Waals surface area contributed by atoms with Crippen molar-refractivity contribution in [1.82, 2.24) is 9.97 Å². The number of ether oxygens (including phenoxy) is 1. The second kappa shape index (κ2) is 7.56. The van der Waals surface area contributed by atoms with Gasteiger partial charge in [-0.25, -0.2) is 4.98 Å². The Hall–Kier alpha value is -1.85. The maximum absolute atomic E-state index is 10.5. The topological polar surface area (TPSA) is 84.3 Å². The Bertz CT molecular complexity index is 424. The van der Waals surface area contributed by atoms with Crippen LogP contribution in [0.2, 0.25) is 0 Å². The Kier molecular flexibility index (Phi) is 6.05. The van der Waals surface area contributed by atoms with Crippen LogP contribution >= 0.6 is 0 Å². The third-order valence-electron chi connectivity index (χ3n) is 2.59. The lowest BCUT2D eigenvalue weighted by Crippen LogP contribution is -2.14. The van der Waals surface area contributed by atoms with Crippen LogP contribution in [0, 0.1) is 12.8 Å². The zero-order chi connectivity index (χ0) is 14.3. The molecule has 1 atom stereocenters. The second-order valence-electron chi connectivity index (χ2n) is 4.49. The minimum Gasteiger partial charge on any atom is -0.481 e. The van der Waals surface area contributed by atoms with E-state index in [-0.39, 0.29) is 12.3 Å². The summed E-state index contributed by atoms with van der Waals surface area (Å²) in [4.78, 5) is 18.9. The van der Waals surface area contributed by atoms with Crippen LogP contribution in [0.5, 0.6) is 5.88 Å². The first-order chi connectivity index (χ1) is 9.01. The monoisotopic (exact) mass is 267 g/mol. The summed E-state index contributed by atoms with van der Waals surface area (Å²) in [5.74, 6) is 1.41. The molecule has 1 heterocycles. The summed E-state index contributed by atoms with van der Waals surface area (Å²) in [6, 6.07) is 1.75. The minimum atomic E-state index is -0.761. The quantitative estimate of drug-likeness (QED) is 0.750. The molecule has 6 heteroatoms. The van der Waals surface area contributed by atoms with E-state index < -0.39 is 5.97 Å². The molecule has 0 bridgehead atoms.